The van der Waals surface area contributed by atoms with Crippen LogP contribution in [0.1, 0.15) is 90.2 Å². The van der Waals surface area contributed by atoms with E-state index in [1.54, 1.807) is 0 Å². The molecule has 356 valence electrons. The Morgan fingerprint density at radius 2 is 1.53 bits per heavy atom. The van der Waals surface area contributed by atoms with E-state index in [0.29, 0.717) is 43.2 Å². The van der Waals surface area contributed by atoms with Crippen LogP contribution in [-0.4, -0.2) is 135 Å². The molecule has 1 unspecified atom stereocenters. The second-order valence-corrected chi connectivity index (χ2v) is 17.5. The summed E-state index contributed by atoms with van der Waals surface area (Å²) in [5, 5.41) is 30.3. The Labute approximate surface area is 374 Å². The minimum atomic E-state index is -1.38. The summed E-state index contributed by atoms with van der Waals surface area (Å²) >= 11 is 1.83. The minimum Gasteiger partial charge on any atom is -0.370 e. The van der Waals surface area contributed by atoms with Gasteiger partial charge in [0, 0.05) is 61.0 Å². The number of carbonyl (C=O) groups excluding carboxylic acids is 10. The number of amides is 11. The van der Waals surface area contributed by atoms with Gasteiger partial charge in [0.15, 0.2) is 0 Å². The second kappa shape index (κ2) is 27.3. The van der Waals surface area contributed by atoms with Crippen LogP contribution in [0.2, 0.25) is 0 Å². The van der Waals surface area contributed by atoms with E-state index in [2.05, 4.69) is 52.5 Å². The molecular formula is C39H63N13O11S. The highest BCUT2D eigenvalue weighted by Crippen LogP contribution is 2.33. The summed E-state index contributed by atoms with van der Waals surface area (Å²) in [5.74, 6) is -6.53. The standard InChI is InChI=1S/C39H63N13O11S/c1-21(2)13-22(14-31(55)52-63)36(59)48-25(10-11-29(40)53)38(61)49-26(15-23-16-42-20-46-23)37(60)45-17-32(56)44-18-33(57)47-24(35(41)58)7-5-6-12-43-30(54)9-4-3-8-28-34-27(19-64-28)50-39(62)51-34/h16,20-22,24-28,34,63H,3-15,17-19H2,1-2H3,(H2,40,53)(H2,41,58)(H,42,46)(H,43,54)(H,44,56)(H,45,60)(H,47,57)(H,48,59)(H,49,61)(H,52,55)(H2,50,51,62)/t22?,24-,25-,26-,27-,28-,34-/m0/s1. The van der Waals surface area contributed by atoms with Crippen LogP contribution < -0.4 is 59.5 Å². The first kappa shape index (κ1) is 52.4. The van der Waals surface area contributed by atoms with Gasteiger partial charge in [0.2, 0.25) is 53.2 Å². The predicted octanol–water partition coefficient (Wildman–Crippen LogP) is -3.04. The van der Waals surface area contributed by atoms with Crippen molar-refractivity contribution >= 4 is 71.0 Å². The van der Waals surface area contributed by atoms with Crippen LogP contribution in [0.15, 0.2) is 12.5 Å². The van der Waals surface area contributed by atoms with E-state index in [9.17, 15) is 47.9 Å². The van der Waals surface area contributed by atoms with Crippen molar-refractivity contribution in [1.82, 2.24) is 58.0 Å². The maximum atomic E-state index is 13.6. The molecule has 7 atom stereocenters. The van der Waals surface area contributed by atoms with Crippen LogP contribution in [0.5, 0.6) is 0 Å². The zero-order valence-electron chi connectivity index (χ0n) is 36.1. The lowest BCUT2D eigenvalue weighted by atomic mass is 9.92. The number of aromatic amines is 1. The molecule has 2 aliphatic rings. The van der Waals surface area contributed by atoms with E-state index in [1.165, 1.54) is 18.0 Å². The Kier molecular flexibility index (Phi) is 22.3. The number of H-pyrrole nitrogens is 1. The van der Waals surface area contributed by atoms with Crippen LogP contribution >= 0.6 is 11.8 Å². The van der Waals surface area contributed by atoms with Gasteiger partial charge >= 0.3 is 6.03 Å². The lowest BCUT2D eigenvalue weighted by Gasteiger charge is -2.25. The number of fused-ring (bicyclic) bond motifs is 1. The Hall–Kier alpha value is -5.98. The number of nitrogens with zero attached hydrogens (tertiary/aromatic N) is 1. The Morgan fingerprint density at radius 1 is 0.797 bits per heavy atom. The highest BCUT2D eigenvalue weighted by molar-refractivity contribution is 8.00. The van der Waals surface area contributed by atoms with Crippen molar-refractivity contribution in [2.45, 2.75) is 126 Å². The van der Waals surface area contributed by atoms with Gasteiger partial charge in [0.25, 0.3) is 0 Å². The molecular weight excluding hydrogens is 859 g/mol. The van der Waals surface area contributed by atoms with Crippen molar-refractivity contribution < 1.29 is 53.2 Å². The molecule has 0 bridgehead atoms. The summed E-state index contributed by atoms with van der Waals surface area (Å²) in [4.78, 5) is 132. The summed E-state index contributed by atoms with van der Waals surface area (Å²) in [6, 6.07) is -3.61. The lowest BCUT2D eigenvalue weighted by Crippen LogP contribution is -2.56. The average Bonchev–Trinajstić information content (AvgIpc) is 3.99. The molecule has 0 spiro atoms. The van der Waals surface area contributed by atoms with Crippen molar-refractivity contribution in [1.29, 1.82) is 0 Å². The molecule has 25 heteroatoms. The van der Waals surface area contributed by atoms with Crippen LogP contribution in [0.25, 0.3) is 0 Å². The molecule has 3 heterocycles. The van der Waals surface area contributed by atoms with Gasteiger partial charge in [-0.2, -0.15) is 11.8 Å². The smallest absolute Gasteiger partial charge is 0.315 e. The van der Waals surface area contributed by atoms with Crippen LogP contribution in [-0.2, 0) is 49.6 Å². The summed E-state index contributed by atoms with van der Waals surface area (Å²) in [7, 11) is 0. The summed E-state index contributed by atoms with van der Waals surface area (Å²) in [6.45, 7) is 2.79. The van der Waals surface area contributed by atoms with Gasteiger partial charge in [-0.3, -0.25) is 48.4 Å². The SMILES string of the molecule is CC(C)CC(CC(=O)NO)C(=O)N[C@@H](CCC(N)=O)C(=O)N[C@@H](Cc1cnc[nH]1)C(=O)NCC(=O)NCC(=O)N[C@@H](CCCCNC(=O)CCCC[C@@H]1SC[C@@H]2NC(=O)N[C@@H]21)C(N)=O. The topological polar surface area (TPSA) is 380 Å². The van der Waals surface area contributed by atoms with E-state index >= 15 is 0 Å². The third-order valence-electron chi connectivity index (χ3n) is 10.5. The zero-order chi connectivity index (χ0) is 47.2. The summed E-state index contributed by atoms with van der Waals surface area (Å²) < 4.78 is 0. The predicted molar refractivity (Wildman–Crippen MR) is 230 cm³/mol. The number of urea groups is 1. The maximum Gasteiger partial charge on any atom is 0.315 e. The minimum absolute atomic E-state index is 0.0509. The average molecular weight is 922 g/mol. The molecule has 0 radical (unpaired) electrons. The molecule has 2 fully saturated rings. The number of thioether (sulfide) groups is 1. The fourth-order valence-corrected chi connectivity index (χ4v) is 8.73. The molecule has 1 aromatic rings. The molecule has 11 amide bonds. The van der Waals surface area contributed by atoms with Crippen molar-refractivity contribution in [2.75, 3.05) is 25.4 Å². The molecule has 15 N–H and O–H groups in total. The monoisotopic (exact) mass is 921 g/mol. The fourth-order valence-electron chi connectivity index (χ4n) is 7.19. The molecule has 0 aromatic carbocycles. The Bertz CT molecular complexity index is 1780. The number of hydrogen-bond acceptors (Lipinski definition) is 13. The van der Waals surface area contributed by atoms with Crippen LogP contribution in [0.3, 0.4) is 0 Å². The molecule has 3 rings (SSSR count). The van der Waals surface area contributed by atoms with E-state index in [-0.39, 0.29) is 68.5 Å². The maximum absolute atomic E-state index is 13.6. The van der Waals surface area contributed by atoms with Gasteiger partial charge in [0.05, 0.1) is 31.5 Å². The highest BCUT2D eigenvalue weighted by atomic mass is 32.2. The molecule has 2 saturated heterocycles. The number of rotatable bonds is 30. The third kappa shape index (κ3) is 19.2. The first-order valence-electron chi connectivity index (χ1n) is 21.3. The van der Waals surface area contributed by atoms with E-state index in [0.717, 1.165) is 18.6 Å². The number of primary amides is 2. The van der Waals surface area contributed by atoms with Crippen LogP contribution in [0.4, 0.5) is 4.79 Å². The van der Waals surface area contributed by atoms with Gasteiger partial charge in [0.1, 0.15) is 18.1 Å². The van der Waals surface area contributed by atoms with Gasteiger partial charge in [-0.15, -0.1) is 0 Å². The largest absolute Gasteiger partial charge is 0.370 e. The number of hydrogen-bond donors (Lipinski definition) is 13. The zero-order valence-corrected chi connectivity index (χ0v) is 36.9. The number of carbonyl (C=O) groups is 10. The van der Waals surface area contributed by atoms with Gasteiger partial charge in [-0.05, 0) is 50.9 Å². The first-order valence-corrected chi connectivity index (χ1v) is 22.4. The number of unbranched alkanes of at least 4 members (excludes halogenated alkanes) is 2. The number of nitrogens with one attached hydrogen (secondary N) is 10. The van der Waals surface area contributed by atoms with E-state index < -0.39 is 84.4 Å². The number of aromatic nitrogens is 2. The third-order valence-corrected chi connectivity index (χ3v) is 12.0. The molecule has 0 aliphatic carbocycles. The van der Waals surface area contributed by atoms with Crippen molar-refractivity contribution in [3.8, 4) is 0 Å². The molecule has 24 nitrogen and oxygen atoms in total. The number of hydroxylamine groups is 1. The van der Waals surface area contributed by atoms with Gasteiger partial charge in [-0.25, -0.2) is 15.3 Å². The molecule has 0 saturated carbocycles. The van der Waals surface area contributed by atoms with Gasteiger partial charge in [-0.1, -0.05) is 20.3 Å². The van der Waals surface area contributed by atoms with Gasteiger partial charge < -0.3 is 59.0 Å². The Balaban J connectivity index is 1.42. The van der Waals surface area contributed by atoms with E-state index in [1.807, 2.05) is 25.6 Å². The van der Waals surface area contributed by atoms with Crippen molar-refractivity contribution in [2.24, 2.45) is 23.3 Å². The van der Waals surface area contributed by atoms with Crippen molar-refractivity contribution in [3.63, 3.8) is 0 Å². The quantitative estimate of drug-likeness (QED) is 0.0158. The van der Waals surface area contributed by atoms with Crippen molar-refractivity contribution in [3.05, 3.63) is 18.2 Å². The lowest BCUT2D eigenvalue weighted by molar-refractivity contribution is -0.137. The Morgan fingerprint density at radius 3 is 2.20 bits per heavy atom. The number of imidazole rings is 1. The van der Waals surface area contributed by atoms with E-state index in [4.69, 9.17) is 16.7 Å². The first-order chi connectivity index (χ1) is 30.4. The second-order valence-electron chi connectivity index (χ2n) is 16.2. The summed E-state index contributed by atoms with van der Waals surface area (Å²) in [6.07, 6.45) is 5.85. The fraction of sp³-hybridized carbons (Fsp3) is 0.667. The number of nitrogens with two attached hydrogens (primary N) is 2. The molecule has 1 aromatic heterocycles. The summed E-state index contributed by atoms with van der Waals surface area (Å²) in [5.41, 5.74) is 12.7. The highest BCUT2D eigenvalue weighted by Gasteiger charge is 2.42. The molecule has 64 heavy (non-hydrogen) atoms. The van der Waals surface area contributed by atoms with Crippen LogP contribution in [0, 0.1) is 11.8 Å². The molecule has 2 aliphatic heterocycles. The normalized spacial score (nSPS) is 18.2.